The van der Waals surface area contributed by atoms with E-state index in [0.29, 0.717) is 5.56 Å². The van der Waals surface area contributed by atoms with Gasteiger partial charge < -0.3 is 5.32 Å². The number of rotatable bonds is 2. The molecule has 1 aromatic rings. The van der Waals surface area contributed by atoms with Crippen molar-refractivity contribution >= 4 is 11.9 Å². The van der Waals surface area contributed by atoms with E-state index in [2.05, 4.69) is 10.3 Å². The third kappa shape index (κ3) is 1.61. The van der Waals surface area contributed by atoms with Gasteiger partial charge in [-0.05, 0) is 13.0 Å². The van der Waals surface area contributed by atoms with Crippen LogP contribution in [0.3, 0.4) is 0 Å². The molecule has 0 aromatic carbocycles. The Morgan fingerprint density at radius 1 is 1.59 bits per heavy atom. The lowest BCUT2D eigenvalue weighted by atomic mass is 9.94. The number of hydrogen-bond acceptors (Lipinski definition) is 4. The molecule has 0 saturated carbocycles. The second-order valence-corrected chi connectivity index (χ2v) is 3.85. The minimum Gasteiger partial charge on any atom is -0.319 e. The number of pyridine rings is 1. The third-order valence-electron chi connectivity index (χ3n) is 2.74. The number of nitrogens with zero attached hydrogens (tertiary/aromatic N) is 3. The van der Waals surface area contributed by atoms with Crippen molar-refractivity contribution in [2.75, 3.05) is 6.54 Å². The molecule has 2 heterocycles. The number of amides is 3. The van der Waals surface area contributed by atoms with Crippen molar-refractivity contribution in [2.45, 2.75) is 12.5 Å². The number of urea groups is 1. The highest BCUT2D eigenvalue weighted by molar-refractivity contribution is 6.07. The molecule has 0 radical (unpaired) electrons. The van der Waals surface area contributed by atoms with E-state index < -0.39 is 17.5 Å². The second kappa shape index (κ2) is 3.87. The first-order valence-corrected chi connectivity index (χ1v) is 5.01. The van der Waals surface area contributed by atoms with Crippen LogP contribution < -0.4 is 5.32 Å². The van der Waals surface area contributed by atoms with Crippen molar-refractivity contribution in [2.24, 2.45) is 0 Å². The standard InChI is InChI=1S/C11H10N4O2/c1-11(8-3-2-5-13-7-8)9(16)15(6-4-12)10(17)14-11/h2-3,5,7H,6H2,1H3,(H,14,17). The molecule has 1 unspecified atom stereocenters. The van der Waals surface area contributed by atoms with Gasteiger partial charge >= 0.3 is 6.03 Å². The molecule has 1 aliphatic rings. The molecule has 0 aliphatic carbocycles. The van der Waals surface area contributed by atoms with Gasteiger partial charge in [-0.3, -0.25) is 9.78 Å². The topological polar surface area (TPSA) is 86.1 Å². The Morgan fingerprint density at radius 3 is 2.94 bits per heavy atom. The molecule has 1 atom stereocenters. The van der Waals surface area contributed by atoms with E-state index >= 15 is 0 Å². The maximum Gasteiger partial charge on any atom is 0.326 e. The lowest BCUT2D eigenvalue weighted by Gasteiger charge is -2.21. The minimum absolute atomic E-state index is 0.249. The molecule has 1 saturated heterocycles. The van der Waals surface area contributed by atoms with Crippen LogP contribution in [0.5, 0.6) is 0 Å². The van der Waals surface area contributed by atoms with Crippen molar-refractivity contribution in [3.8, 4) is 6.07 Å². The van der Waals surface area contributed by atoms with E-state index in [1.54, 1.807) is 31.3 Å². The number of imide groups is 1. The van der Waals surface area contributed by atoms with Crippen LogP contribution in [0.25, 0.3) is 0 Å². The fourth-order valence-corrected chi connectivity index (χ4v) is 1.77. The molecule has 0 bridgehead atoms. The third-order valence-corrected chi connectivity index (χ3v) is 2.74. The highest BCUT2D eigenvalue weighted by Crippen LogP contribution is 2.27. The summed E-state index contributed by atoms with van der Waals surface area (Å²) in [6.45, 7) is 1.35. The number of aromatic nitrogens is 1. The number of nitriles is 1. The summed E-state index contributed by atoms with van der Waals surface area (Å²) in [7, 11) is 0. The molecular formula is C11H10N4O2. The Morgan fingerprint density at radius 2 is 2.35 bits per heavy atom. The Hall–Kier alpha value is -2.42. The summed E-state index contributed by atoms with van der Waals surface area (Å²) in [6.07, 6.45) is 3.11. The number of nitrogens with one attached hydrogen (secondary N) is 1. The van der Waals surface area contributed by atoms with E-state index in [4.69, 9.17) is 5.26 Å². The molecule has 1 aromatic heterocycles. The molecule has 6 heteroatoms. The van der Waals surface area contributed by atoms with Gasteiger partial charge in [0, 0.05) is 18.0 Å². The van der Waals surface area contributed by atoms with Crippen LogP contribution in [0.1, 0.15) is 12.5 Å². The second-order valence-electron chi connectivity index (χ2n) is 3.85. The van der Waals surface area contributed by atoms with Crippen molar-refractivity contribution in [3.05, 3.63) is 30.1 Å². The quantitative estimate of drug-likeness (QED) is 0.587. The molecule has 6 nitrogen and oxygen atoms in total. The zero-order chi connectivity index (χ0) is 12.5. The van der Waals surface area contributed by atoms with E-state index in [9.17, 15) is 9.59 Å². The normalized spacial score (nSPS) is 23.4. The lowest BCUT2D eigenvalue weighted by molar-refractivity contribution is -0.130. The van der Waals surface area contributed by atoms with Crippen LogP contribution in [-0.4, -0.2) is 28.4 Å². The smallest absolute Gasteiger partial charge is 0.319 e. The number of carbonyl (C=O) groups is 2. The van der Waals surface area contributed by atoms with Crippen LogP contribution in [0.15, 0.2) is 24.5 Å². The van der Waals surface area contributed by atoms with Gasteiger partial charge in [-0.1, -0.05) is 6.07 Å². The predicted molar refractivity (Wildman–Crippen MR) is 57.4 cm³/mol. The molecule has 1 aliphatic heterocycles. The molecule has 86 valence electrons. The van der Waals surface area contributed by atoms with Crippen LogP contribution >= 0.6 is 0 Å². The van der Waals surface area contributed by atoms with Crippen molar-refractivity contribution < 1.29 is 9.59 Å². The van der Waals surface area contributed by atoms with E-state index in [-0.39, 0.29) is 6.54 Å². The fraction of sp³-hybridized carbons (Fsp3) is 0.273. The molecule has 17 heavy (non-hydrogen) atoms. The van der Waals surface area contributed by atoms with Crippen molar-refractivity contribution in [3.63, 3.8) is 0 Å². The Kier molecular flexibility index (Phi) is 2.52. The van der Waals surface area contributed by atoms with Gasteiger partial charge in [-0.2, -0.15) is 5.26 Å². The summed E-state index contributed by atoms with van der Waals surface area (Å²) in [5.41, 5.74) is -0.541. The molecular weight excluding hydrogens is 220 g/mol. The summed E-state index contributed by atoms with van der Waals surface area (Å²) in [6, 6.07) is 4.63. The van der Waals surface area contributed by atoms with Crippen LogP contribution in [0.4, 0.5) is 4.79 Å². The molecule has 1 N–H and O–H groups in total. The highest BCUT2D eigenvalue weighted by Gasteiger charge is 2.48. The van der Waals surface area contributed by atoms with Gasteiger partial charge in [0.1, 0.15) is 12.1 Å². The van der Waals surface area contributed by atoms with Gasteiger partial charge in [0.15, 0.2) is 0 Å². The monoisotopic (exact) mass is 230 g/mol. The van der Waals surface area contributed by atoms with Crippen LogP contribution in [-0.2, 0) is 10.3 Å². The van der Waals surface area contributed by atoms with E-state index in [1.165, 1.54) is 6.20 Å². The van der Waals surface area contributed by atoms with Crippen molar-refractivity contribution in [1.82, 2.24) is 15.2 Å². The molecule has 0 spiro atoms. The first-order chi connectivity index (χ1) is 8.09. The molecule has 3 amide bonds. The summed E-state index contributed by atoms with van der Waals surface area (Å²) < 4.78 is 0. The highest BCUT2D eigenvalue weighted by atomic mass is 16.2. The van der Waals surface area contributed by atoms with E-state index in [0.717, 1.165) is 4.90 Å². The summed E-state index contributed by atoms with van der Waals surface area (Å²) in [5, 5.41) is 11.1. The van der Waals surface area contributed by atoms with Crippen LogP contribution in [0.2, 0.25) is 0 Å². The Balaban J connectivity index is 2.39. The van der Waals surface area contributed by atoms with Gasteiger partial charge in [-0.25, -0.2) is 9.69 Å². The summed E-state index contributed by atoms with van der Waals surface area (Å²) in [4.78, 5) is 28.5. The molecule has 2 rings (SSSR count). The number of hydrogen-bond donors (Lipinski definition) is 1. The zero-order valence-electron chi connectivity index (χ0n) is 9.17. The van der Waals surface area contributed by atoms with Gasteiger partial charge in [0.2, 0.25) is 0 Å². The Labute approximate surface area is 97.9 Å². The molecule has 1 fully saturated rings. The zero-order valence-corrected chi connectivity index (χ0v) is 9.17. The lowest BCUT2D eigenvalue weighted by Crippen LogP contribution is -2.41. The van der Waals surface area contributed by atoms with E-state index in [1.807, 2.05) is 0 Å². The summed E-state index contributed by atoms with van der Waals surface area (Å²) >= 11 is 0. The maximum absolute atomic E-state index is 12.1. The van der Waals surface area contributed by atoms with Gasteiger partial charge in [0.05, 0.1) is 6.07 Å². The number of carbonyl (C=O) groups excluding carboxylic acids is 2. The average Bonchev–Trinajstić information content (AvgIpc) is 2.56. The fourth-order valence-electron chi connectivity index (χ4n) is 1.77. The van der Waals surface area contributed by atoms with Gasteiger partial charge in [0.25, 0.3) is 5.91 Å². The minimum atomic E-state index is -1.14. The van der Waals surface area contributed by atoms with Crippen molar-refractivity contribution in [1.29, 1.82) is 5.26 Å². The van der Waals surface area contributed by atoms with Gasteiger partial charge in [-0.15, -0.1) is 0 Å². The maximum atomic E-state index is 12.1. The average molecular weight is 230 g/mol. The first-order valence-electron chi connectivity index (χ1n) is 5.01. The first kappa shape index (κ1) is 11.1. The van der Waals surface area contributed by atoms with Crippen LogP contribution in [0, 0.1) is 11.3 Å². The summed E-state index contributed by atoms with van der Waals surface area (Å²) in [5.74, 6) is -0.433. The predicted octanol–water partition coefficient (Wildman–Crippen LogP) is 0.372. The SMILES string of the molecule is CC1(c2cccnc2)NC(=O)N(CC#N)C1=O. The Bertz CT molecular complexity index is 508. The largest absolute Gasteiger partial charge is 0.326 e.